The number of allylic oxidation sites excluding steroid dienone is 1. The first-order chi connectivity index (χ1) is 19.3. The number of anilines is 2. The average molecular weight is 544 g/mol. The third kappa shape index (κ3) is 6.07. The SMILES string of the molecule is N#C/C(=C/C1CC1)C(=O)N1CCCC1CNc1ncnc(N)c1C(=N)c1ccc(Oc2cc(F)cc(F)c2)cc1. The van der Waals surface area contributed by atoms with Crippen LogP contribution >= 0.6 is 0 Å². The zero-order chi connectivity index (χ0) is 28.2. The molecule has 1 aliphatic heterocycles. The first-order valence-electron chi connectivity index (χ1n) is 12.9. The molecule has 11 heteroatoms. The summed E-state index contributed by atoms with van der Waals surface area (Å²) in [5.41, 5.74) is 7.19. The highest BCUT2D eigenvalue weighted by Gasteiger charge is 2.32. The summed E-state index contributed by atoms with van der Waals surface area (Å²) in [5.74, 6) is -0.639. The zero-order valence-corrected chi connectivity index (χ0v) is 21.5. The van der Waals surface area contributed by atoms with Crippen molar-refractivity contribution >= 4 is 23.3 Å². The van der Waals surface area contributed by atoms with Crippen LogP contribution in [0, 0.1) is 34.3 Å². The molecule has 2 aliphatic rings. The molecule has 204 valence electrons. The van der Waals surface area contributed by atoms with Crippen LogP contribution in [0.4, 0.5) is 20.4 Å². The first-order valence-corrected chi connectivity index (χ1v) is 12.9. The van der Waals surface area contributed by atoms with Gasteiger partial charge in [-0.2, -0.15) is 5.26 Å². The molecule has 3 aromatic rings. The van der Waals surface area contributed by atoms with Gasteiger partial charge in [0.15, 0.2) is 0 Å². The fourth-order valence-corrected chi connectivity index (χ4v) is 4.68. The van der Waals surface area contributed by atoms with Gasteiger partial charge in [-0.05, 0) is 55.9 Å². The minimum atomic E-state index is -0.752. The second kappa shape index (κ2) is 11.5. The number of nitrogens with one attached hydrogen (secondary N) is 2. The lowest BCUT2D eigenvalue weighted by molar-refractivity contribution is -0.127. The fraction of sp³-hybridized carbons (Fsp3) is 0.276. The van der Waals surface area contributed by atoms with E-state index in [0.717, 1.165) is 43.9 Å². The summed E-state index contributed by atoms with van der Waals surface area (Å²) in [4.78, 5) is 23.1. The molecule has 4 N–H and O–H groups in total. The van der Waals surface area contributed by atoms with Crippen LogP contribution < -0.4 is 15.8 Å². The van der Waals surface area contributed by atoms with E-state index < -0.39 is 11.6 Å². The van der Waals surface area contributed by atoms with Gasteiger partial charge in [0.05, 0.1) is 11.3 Å². The number of rotatable bonds is 9. The number of amides is 1. The Morgan fingerprint density at radius 3 is 2.55 bits per heavy atom. The van der Waals surface area contributed by atoms with E-state index in [2.05, 4.69) is 21.4 Å². The standard InChI is InChI=1S/C29H27F2N7O2/c30-20-11-21(31)13-24(12-20)40-23-7-5-18(6-8-23)26(33)25-27(34)36-16-37-28(25)35-15-22-2-1-9-38(22)29(39)19(14-32)10-17-3-4-17/h5-8,10-13,16-17,22,33H,1-4,9,15H2,(H3,34,35,36,37)/b19-10-,33-26?. The molecule has 5 rings (SSSR count). The molecule has 2 fully saturated rings. The Morgan fingerprint density at radius 1 is 1.15 bits per heavy atom. The van der Waals surface area contributed by atoms with E-state index >= 15 is 0 Å². The van der Waals surface area contributed by atoms with E-state index in [4.69, 9.17) is 15.9 Å². The summed E-state index contributed by atoms with van der Waals surface area (Å²) in [6.45, 7) is 0.932. The summed E-state index contributed by atoms with van der Waals surface area (Å²) < 4.78 is 32.5. The van der Waals surface area contributed by atoms with Crippen molar-refractivity contribution in [3.63, 3.8) is 0 Å². The van der Waals surface area contributed by atoms with Crippen molar-refractivity contribution in [1.29, 1.82) is 10.7 Å². The van der Waals surface area contributed by atoms with Gasteiger partial charge in [-0.25, -0.2) is 18.7 Å². The van der Waals surface area contributed by atoms with Crippen molar-refractivity contribution < 1.29 is 18.3 Å². The van der Waals surface area contributed by atoms with Crippen LogP contribution in [0.1, 0.15) is 36.8 Å². The Morgan fingerprint density at radius 2 is 1.88 bits per heavy atom. The van der Waals surface area contributed by atoms with Crippen LogP contribution in [-0.4, -0.2) is 45.6 Å². The minimum Gasteiger partial charge on any atom is -0.457 e. The predicted molar refractivity (Wildman–Crippen MR) is 145 cm³/mol. The topological polar surface area (TPSA) is 141 Å². The van der Waals surface area contributed by atoms with Gasteiger partial charge in [0, 0.05) is 42.9 Å². The summed E-state index contributed by atoms with van der Waals surface area (Å²) in [7, 11) is 0. The van der Waals surface area contributed by atoms with Crippen molar-refractivity contribution in [2.45, 2.75) is 31.7 Å². The molecular weight excluding hydrogens is 516 g/mol. The van der Waals surface area contributed by atoms with E-state index in [1.807, 2.05) is 0 Å². The number of nitriles is 1. The van der Waals surface area contributed by atoms with E-state index in [1.165, 1.54) is 6.33 Å². The van der Waals surface area contributed by atoms with Crippen molar-refractivity contribution in [2.75, 3.05) is 24.1 Å². The number of nitrogen functional groups attached to an aromatic ring is 1. The lowest BCUT2D eigenvalue weighted by Crippen LogP contribution is -2.40. The van der Waals surface area contributed by atoms with Crippen molar-refractivity contribution in [3.8, 4) is 17.6 Å². The van der Waals surface area contributed by atoms with E-state index in [1.54, 1.807) is 35.2 Å². The fourth-order valence-electron chi connectivity index (χ4n) is 4.68. The summed E-state index contributed by atoms with van der Waals surface area (Å²) in [6.07, 6.45) is 6.69. The number of benzene rings is 2. The molecule has 0 spiro atoms. The molecule has 2 aromatic carbocycles. The molecule has 1 aromatic heterocycles. The van der Waals surface area contributed by atoms with Crippen LogP contribution in [0.5, 0.6) is 11.5 Å². The third-order valence-electron chi connectivity index (χ3n) is 6.86. The monoisotopic (exact) mass is 543 g/mol. The number of hydrogen-bond donors (Lipinski definition) is 3. The number of carbonyl (C=O) groups excluding carboxylic acids is 1. The highest BCUT2D eigenvalue weighted by atomic mass is 19.1. The minimum absolute atomic E-state index is 0.0110. The second-order valence-corrected chi connectivity index (χ2v) is 9.79. The largest absolute Gasteiger partial charge is 0.457 e. The maximum Gasteiger partial charge on any atom is 0.264 e. The highest BCUT2D eigenvalue weighted by Crippen LogP contribution is 2.32. The van der Waals surface area contributed by atoms with Gasteiger partial charge in [0.25, 0.3) is 5.91 Å². The Kier molecular flexibility index (Phi) is 7.68. The van der Waals surface area contributed by atoms with Gasteiger partial charge < -0.3 is 20.7 Å². The molecule has 1 amide bonds. The van der Waals surface area contributed by atoms with Crippen LogP contribution in [-0.2, 0) is 4.79 Å². The molecule has 1 saturated heterocycles. The maximum atomic E-state index is 13.5. The molecule has 9 nitrogen and oxygen atoms in total. The van der Waals surface area contributed by atoms with Crippen molar-refractivity contribution in [1.82, 2.24) is 14.9 Å². The van der Waals surface area contributed by atoms with Gasteiger partial charge in [0.1, 0.15) is 52.7 Å². The Labute approximate surface area is 229 Å². The van der Waals surface area contributed by atoms with E-state index in [0.29, 0.717) is 41.7 Å². The maximum absolute atomic E-state index is 13.5. The van der Waals surface area contributed by atoms with Gasteiger partial charge in [-0.3, -0.25) is 10.2 Å². The molecule has 1 atom stereocenters. The molecule has 2 heterocycles. The number of hydrogen-bond acceptors (Lipinski definition) is 8. The van der Waals surface area contributed by atoms with Crippen molar-refractivity contribution in [2.24, 2.45) is 5.92 Å². The van der Waals surface area contributed by atoms with Crippen LogP contribution in [0.25, 0.3) is 0 Å². The molecule has 1 unspecified atom stereocenters. The quantitative estimate of drug-likeness (QED) is 0.200. The summed E-state index contributed by atoms with van der Waals surface area (Å²) >= 11 is 0. The number of carbonyl (C=O) groups is 1. The van der Waals surface area contributed by atoms with E-state index in [-0.39, 0.29) is 34.8 Å². The highest BCUT2D eigenvalue weighted by molar-refractivity contribution is 6.16. The number of ether oxygens (including phenoxy) is 1. The van der Waals surface area contributed by atoms with Crippen LogP contribution in [0.2, 0.25) is 0 Å². The average Bonchev–Trinajstić information content (AvgIpc) is 3.63. The van der Waals surface area contributed by atoms with E-state index in [9.17, 15) is 18.8 Å². The van der Waals surface area contributed by atoms with Gasteiger partial charge in [0.2, 0.25) is 0 Å². The molecule has 1 aliphatic carbocycles. The van der Waals surface area contributed by atoms with Gasteiger partial charge in [-0.15, -0.1) is 0 Å². The van der Waals surface area contributed by atoms with Crippen LogP contribution in [0.15, 0.2) is 60.4 Å². The lowest BCUT2D eigenvalue weighted by Gasteiger charge is -2.25. The van der Waals surface area contributed by atoms with Crippen molar-refractivity contribution in [3.05, 3.63) is 83.2 Å². The van der Waals surface area contributed by atoms with Crippen LogP contribution in [0.3, 0.4) is 0 Å². The third-order valence-corrected chi connectivity index (χ3v) is 6.86. The molecule has 40 heavy (non-hydrogen) atoms. The molecule has 1 saturated carbocycles. The van der Waals surface area contributed by atoms with Gasteiger partial charge >= 0.3 is 0 Å². The number of nitrogens with zero attached hydrogens (tertiary/aromatic N) is 4. The molecule has 0 bridgehead atoms. The smallest absolute Gasteiger partial charge is 0.264 e. The number of nitrogens with two attached hydrogens (primary N) is 1. The number of halogens is 2. The summed E-state index contributed by atoms with van der Waals surface area (Å²) in [5, 5.41) is 21.5. The Balaban J connectivity index is 1.29. The first kappa shape index (κ1) is 26.7. The zero-order valence-electron chi connectivity index (χ0n) is 21.5. The number of likely N-dealkylation sites (tertiary alicyclic amines) is 1. The second-order valence-electron chi connectivity index (χ2n) is 9.79. The molecular formula is C29H27F2N7O2. The van der Waals surface area contributed by atoms with Gasteiger partial charge in [-0.1, -0.05) is 6.08 Å². The normalized spacial score (nSPS) is 16.9. The Hall–Kier alpha value is -4.85. The Bertz CT molecular complexity index is 1490. The summed E-state index contributed by atoms with van der Waals surface area (Å²) in [6, 6.07) is 11.2. The predicted octanol–water partition coefficient (Wildman–Crippen LogP) is 4.81. The lowest BCUT2D eigenvalue weighted by atomic mass is 10.0. The molecule has 0 radical (unpaired) electrons. The number of aromatic nitrogens is 2.